The quantitative estimate of drug-likeness (QED) is 0.373. The lowest BCUT2D eigenvalue weighted by molar-refractivity contribution is -0.140. The third-order valence-electron chi connectivity index (χ3n) is 6.06. The topological polar surface area (TPSA) is 88.5 Å². The van der Waals surface area contributed by atoms with E-state index in [9.17, 15) is 14.7 Å². The molecule has 2 aromatic carbocycles. The van der Waals surface area contributed by atoms with Crippen molar-refractivity contribution in [3.05, 3.63) is 59.2 Å². The number of aliphatic hydroxyl groups is 1. The summed E-state index contributed by atoms with van der Waals surface area (Å²) in [5, 5.41) is 11.2. The Morgan fingerprint density at radius 3 is 2.45 bits per heavy atom. The van der Waals surface area contributed by atoms with Crippen molar-refractivity contribution in [2.24, 2.45) is 0 Å². The van der Waals surface area contributed by atoms with Gasteiger partial charge in [0.1, 0.15) is 5.76 Å². The third kappa shape index (κ3) is 4.14. The lowest BCUT2D eigenvalue weighted by Gasteiger charge is -2.26. The van der Waals surface area contributed by atoms with Crippen molar-refractivity contribution in [2.75, 3.05) is 45.0 Å². The number of Topliss-reactive ketones (excluding diaryl/α,β-unsaturated/α-hetero) is 1. The summed E-state index contributed by atoms with van der Waals surface area (Å²) in [6.45, 7) is 6.50. The molecular weight excluding hydrogens is 424 g/mol. The first-order valence-corrected chi connectivity index (χ1v) is 11.0. The van der Waals surface area contributed by atoms with Gasteiger partial charge < -0.3 is 29.1 Å². The maximum Gasteiger partial charge on any atom is 0.295 e. The average molecular weight is 453 g/mol. The van der Waals surface area contributed by atoms with Gasteiger partial charge in [-0.05, 0) is 49.7 Å². The number of hydrogen-bond donors (Lipinski definition) is 1. The van der Waals surface area contributed by atoms with Crippen molar-refractivity contribution in [3.63, 3.8) is 0 Å². The first kappa shape index (κ1) is 22.7. The number of rotatable bonds is 8. The van der Waals surface area contributed by atoms with Crippen LogP contribution in [-0.2, 0) is 14.3 Å². The van der Waals surface area contributed by atoms with E-state index in [0.29, 0.717) is 17.1 Å². The number of likely N-dealkylation sites (tertiary alicyclic amines) is 1. The Labute approximate surface area is 193 Å². The third-order valence-corrected chi connectivity index (χ3v) is 6.06. The highest BCUT2D eigenvalue weighted by molar-refractivity contribution is 6.46. The van der Waals surface area contributed by atoms with Crippen LogP contribution < -0.4 is 14.4 Å². The minimum atomic E-state index is -0.726. The zero-order chi connectivity index (χ0) is 23.5. The van der Waals surface area contributed by atoms with Gasteiger partial charge in [-0.3, -0.25) is 9.59 Å². The van der Waals surface area contributed by atoms with Crippen LogP contribution in [0.1, 0.15) is 31.0 Å². The maximum absolute atomic E-state index is 13.1. The Morgan fingerprint density at radius 2 is 1.79 bits per heavy atom. The number of anilines is 1. The largest absolute Gasteiger partial charge is 0.507 e. The summed E-state index contributed by atoms with van der Waals surface area (Å²) >= 11 is 0. The minimum Gasteiger partial charge on any atom is -0.507 e. The molecule has 174 valence electrons. The summed E-state index contributed by atoms with van der Waals surface area (Å²) in [5.74, 6) is -0.584. The smallest absolute Gasteiger partial charge is 0.295 e. The molecule has 1 N–H and O–H groups in total. The molecule has 1 atom stereocenters. The van der Waals surface area contributed by atoms with Gasteiger partial charge in [-0.15, -0.1) is 0 Å². The second kappa shape index (κ2) is 9.54. The van der Waals surface area contributed by atoms with Crippen LogP contribution in [0, 0.1) is 0 Å². The van der Waals surface area contributed by atoms with Gasteiger partial charge in [0.05, 0.1) is 18.2 Å². The Morgan fingerprint density at radius 1 is 1.09 bits per heavy atom. The van der Waals surface area contributed by atoms with E-state index in [4.69, 9.17) is 14.2 Å². The fraction of sp³-hybridized carbons (Fsp3) is 0.360. The molecule has 8 nitrogen and oxygen atoms in total. The fourth-order valence-electron chi connectivity index (χ4n) is 4.30. The fourth-order valence-corrected chi connectivity index (χ4v) is 4.30. The van der Waals surface area contributed by atoms with E-state index in [0.717, 1.165) is 24.3 Å². The van der Waals surface area contributed by atoms with Crippen LogP contribution in [0.3, 0.4) is 0 Å². The number of ether oxygens (including phenoxy) is 3. The lowest BCUT2D eigenvalue weighted by atomic mass is 9.95. The SMILES string of the molecule is CCN(CC)c1ccc(C2/C(=C(/O)c3ccc4c(c3)OCO4)C(=O)C(=O)N2CCOC)cc1. The zero-order valence-corrected chi connectivity index (χ0v) is 19.0. The molecule has 0 bridgehead atoms. The van der Waals surface area contributed by atoms with Gasteiger partial charge >= 0.3 is 0 Å². The van der Waals surface area contributed by atoms with E-state index in [2.05, 4.69) is 18.7 Å². The minimum absolute atomic E-state index is 0.0468. The number of carbonyl (C=O) groups is 2. The Bertz CT molecular complexity index is 1070. The van der Waals surface area contributed by atoms with Gasteiger partial charge in [0, 0.05) is 38.0 Å². The number of amides is 1. The zero-order valence-electron chi connectivity index (χ0n) is 19.0. The van der Waals surface area contributed by atoms with E-state index < -0.39 is 17.7 Å². The molecule has 33 heavy (non-hydrogen) atoms. The van der Waals surface area contributed by atoms with Crippen molar-refractivity contribution < 1.29 is 28.9 Å². The predicted molar refractivity (Wildman–Crippen MR) is 123 cm³/mol. The molecule has 0 aliphatic carbocycles. The van der Waals surface area contributed by atoms with Crippen LogP contribution in [0.15, 0.2) is 48.0 Å². The molecule has 1 unspecified atom stereocenters. The molecule has 1 saturated heterocycles. The molecule has 2 heterocycles. The Kier molecular flexibility index (Phi) is 6.55. The van der Waals surface area contributed by atoms with Gasteiger partial charge in [-0.1, -0.05) is 12.1 Å². The molecule has 4 rings (SSSR count). The molecule has 2 aromatic rings. The average Bonchev–Trinajstić information content (AvgIpc) is 3.41. The highest BCUT2D eigenvalue weighted by Gasteiger charge is 2.46. The highest BCUT2D eigenvalue weighted by Crippen LogP contribution is 2.41. The number of ketones is 1. The van der Waals surface area contributed by atoms with Gasteiger partial charge in [0.2, 0.25) is 6.79 Å². The molecule has 1 amide bonds. The monoisotopic (exact) mass is 452 g/mol. The second-order valence-electron chi connectivity index (χ2n) is 7.82. The van der Waals surface area contributed by atoms with Crippen molar-refractivity contribution in [3.8, 4) is 11.5 Å². The summed E-state index contributed by atoms with van der Waals surface area (Å²) in [6, 6.07) is 11.9. The van der Waals surface area contributed by atoms with Gasteiger partial charge in [0.15, 0.2) is 11.5 Å². The van der Waals surface area contributed by atoms with Crippen LogP contribution in [0.2, 0.25) is 0 Å². The van der Waals surface area contributed by atoms with Crippen molar-refractivity contribution >= 4 is 23.1 Å². The highest BCUT2D eigenvalue weighted by atomic mass is 16.7. The summed E-state index contributed by atoms with van der Waals surface area (Å²) in [5.41, 5.74) is 2.22. The summed E-state index contributed by atoms with van der Waals surface area (Å²) in [7, 11) is 1.54. The molecule has 1 fully saturated rings. The molecule has 0 spiro atoms. The number of methoxy groups -OCH3 is 1. The van der Waals surface area contributed by atoms with Crippen LogP contribution >= 0.6 is 0 Å². The molecule has 0 aromatic heterocycles. The molecule has 2 aliphatic heterocycles. The van der Waals surface area contributed by atoms with E-state index in [1.807, 2.05) is 24.3 Å². The molecule has 2 aliphatic rings. The van der Waals surface area contributed by atoms with E-state index in [1.165, 1.54) is 12.0 Å². The molecular formula is C25H28N2O6. The Hall–Kier alpha value is -3.52. The lowest BCUT2D eigenvalue weighted by Crippen LogP contribution is -2.32. The molecule has 0 radical (unpaired) electrons. The molecule has 0 saturated carbocycles. The Balaban J connectivity index is 1.79. The van der Waals surface area contributed by atoms with Gasteiger partial charge in [0.25, 0.3) is 11.7 Å². The van der Waals surface area contributed by atoms with E-state index >= 15 is 0 Å². The number of fused-ring (bicyclic) bond motifs is 1. The van der Waals surface area contributed by atoms with Crippen molar-refractivity contribution in [2.45, 2.75) is 19.9 Å². The van der Waals surface area contributed by atoms with Gasteiger partial charge in [-0.2, -0.15) is 0 Å². The second-order valence-corrected chi connectivity index (χ2v) is 7.82. The van der Waals surface area contributed by atoms with Crippen LogP contribution in [0.25, 0.3) is 5.76 Å². The van der Waals surface area contributed by atoms with Crippen LogP contribution in [-0.4, -0.2) is 61.8 Å². The number of aliphatic hydroxyl groups excluding tert-OH is 1. The number of nitrogens with zero attached hydrogens (tertiary/aromatic N) is 2. The van der Waals surface area contributed by atoms with Crippen molar-refractivity contribution in [1.82, 2.24) is 4.90 Å². The van der Waals surface area contributed by atoms with Crippen LogP contribution in [0.5, 0.6) is 11.5 Å². The van der Waals surface area contributed by atoms with Crippen LogP contribution in [0.4, 0.5) is 5.69 Å². The predicted octanol–water partition coefficient (Wildman–Crippen LogP) is 3.33. The number of carbonyl (C=O) groups excluding carboxylic acids is 2. The number of hydrogen-bond acceptors (Lipinski definition) is 7. The van der Waals surface area contributed by atoms with E-state index in [-0.39, 0.29) is 31.3 Å². The normalized spacial score (nSPS) is 18.8. The summed E-state index contributed by atoms with van der Waals surface area (Å²) < 4.78 is 15.9. The summed E-state index contributed by atoms with van der Waals surface area (Å²) in [4.78, 5) is 29.6. The first-order valence-electron chi connectivity index (χ1n) is 11.0. The number of benzene rings is 2. The first-order chi connectivity index (χ1) is 16.0. The van der Waals surface area contributed by atoms with Gasteiger partial charge in [-0.25, -0.2) is 0 Å². The standard InChI is InChI=1S/C25H28N2O6/c1-4-26(5-2)18-9-6-16(7-10-18)22-21(24(29)25(30)27(22)12-13-31-3)23(28)17-8-11-19-20(14-17)33-15-32-19/h6-11,14,22,28H,4-5,12-13,15H2,1-3H3/b23-21-. The maximum atomic E-state index is 13.1. The molecule has 8 heteroatoms. The van der Waals surface area contributed by atoms with E-state index in [1.54, 1.807) is 18.2 Å². The summed E-state index contributed by atoms with van der Waals surface area (Å²) in [6.07, 6.45) is 0. The van der Waals surface area contributed by atoms with Crippen molar-refractivity contribution in [1.29, 1.82) is 0 Å².